The van der Waals surface area contributed by atoms with Crippen LogP contribution in [-0.4, -0.2) is 106 Å². The lowest BCUT2D eigenvalue weighted by atomic mass is 9.86. The fourth-order valence-electron chi connectivity index (χ4n) is 7.30. The van der Waals surface area contributed by atoms with Crippen LogP contribution in [0.4, 0.5) is 13.2 Å². The quantitative estimate of drug-likeness (QED) is 0.0903. The number of nitrogens with zero attached hydrogens (tertiary/aromatic N) is 1. The Morgan fingerprint density at radius 3 is 1.96 bits per heavy atom. The van der Waals surface area contributed by atoms with Gasteiger partial charge in [0.1, 0.15) is 41.6 Å². The number of aliphatic carboxylic acids is 2. The third-order valence-corrected chi connectivity index (χ3v) is 11.2. The highest BCUT2D eigenvalue weighted by atomic mass is 19.4. The lowest BCUT2D eigenvalue weighted by Crippen LogP contribution is -2.55. The number of phenols is 2. The van der Waals surface area contributed by atoms with Gasteiger partial charge in [-0.05, 0) is 95.8 Å². The SMILES string of the molecule is C[C@@H]1NC(=O)[C@@H](N(C)C(=O)[C@H](CCCC[NH3+])NC(=O)CCNC(=O)c2ccc(-c3ccc(C(C)(C)C)cc3)cc2)c2ccc(O)c(c2)-c2cc(ccc2O)C[C@@H](C(=O)O)NC1=O.O=C([O-])C(F)(F)F. The summed E-state index contributed by atoms with van der Waals surface area (Å²) in [7, 11) is 1.37. The number of quaternary nitrogens is 1. The number of unbranched alkanes of at least 4 members (excludes halogenated alkanes) is 1. The van der Waals surface area contributed by atoms with Crippen LogP contribution in [0.25, 0.3) is 22.3 Å². The highest BCUT2D eigenvalue weighted by Gasteiger charge is 2.36. The van der Waals surface area contributed by atoms with Crippen molar-refractivity contribution in [2.75, 3.05) is 20.1 Å². The Labute approximate surface area is 396 Å². The number of halogens is 3. The van der Waals surface area contributed by atoms with Crippen molar-refractivity contribution >= 4 is 41.5 Å². The first kappa shape index (κ1) is 54.1. The van der Waals surface area contributed by atoms with Gasteiger partial charge in [-0.2, -0.15) is 13.2 Å². The average molecular weight is 963 g/mol. The van der Waals surface area contributed by atoms with Crippen molar-refractivity contribution in [3.63, 3.8) is 0 Å². The Balaban J connectivity index is 0.00000137. The summed E-state index contributed by atoms with van der Waals surface area (Å²) in [5.74, 6) is -7.96. The summed E-state index contributed by atoms with van der Waals surface area (Å²) in [5, 5.41) is 51.1. The zero-order chi connectivity index (χ0) is 51.4. The molecule has 0 fully saturated rings. The minimum Gasteiger partial charge on any atom is -0.542 e. The van der Waals surface area contributed by atoms with E-state index in [0.717, 1.165) is 16.0 Å². The molecule has 0 unspecified atom stereocenters. The van der Waals surface area contributed by atoms with Crippen LogP contribution in [-0.2, 0) is 40.6 Å². The van der Waals surface area contributed by atoms with Crippen molar-refractivity contribution in [2.45, 2.75) is 95.6 Å². The van der Waals surface area contributed by atoms with E-state index < -0.39 is 65.9 Å². The van der Waals surface area contributed by atoms with E-state index in [0.29, 0.717) is 30.5 Å². The maximum absolute atomic E-state index is 14.4. The lowest BCUT2D eigenvalue weighted by Gasteiger charge is -2.32. The summed E-state index contributed by atoms with van der Waals surface area (Å²) in [4.78, 5) is 90.2. The first-order valence-electron chi connectivity index (χ1n) is 21.9. The molecule has 4 aromatic rings. The van der Waals surface area contributed by atoms with Crippen LogP contribution in [0.3, 0.4) is 0 Å². The van der Waals surface area contributed by atoms with Gasteiger partial charge in [-0.25, -0.2) is 4.79 Å². The maximum atomic E-state index is 14.4. The largest absolute Gasteiger partial charge is 0.542 e. The zero-order valence-corrected chi connectivity index (χ0v) is 38.7. The number of carbonyl (C=O) groups is 7. The third-order valence-electron chi connectivity index (χ3n) is 11.2. The van der Waals surface area contributed by atoms with Crippen LogP contribution in [0.1, 0.15) is 86.5 Å². The van der Waals surface area contributed by atoms with Gasteiger partial charge in [0.05, 0.1) is 6.54 Å². The predicted octanol–water partition coefficient (Wildman–Crippen LogP) is 2.87. The Morgan fingerprint density at radius 2 is 1.41 bits per heavy atom. The molecule has 1 aliphatic heterocycles. The number of carbonyl (C=O) groups excluding carboxylic acids is 6. The summed E-state index contributed by atoms with van der Waals surface area (Å²) in [6.45, 7) is 8.40. The van der Waals surface area contributed by atoms with E-state index in [1.807, 2.05) is 12.1 Å². The number of benzene rings is 4. The molecule has 17 nitrogen and oxygen atoms in total. The molecule has 1 heterocycles. The Bertz CT molecular complexity index is 2510. The molecule has 4 atom stereocenters. The molecule has 1 aliphatic rings. The lowest BCUT2D eigenvalue weighted by molar-refractivity contribution is -0.368. The number of amides is 5. The number of hydrogen-bond acceptors (Lipinski definition) is 10. The number of fused-ring (bicyclic) bond motifs is 5. The average Bonchev–Trinajstić information content (AvgIpc) is 3.28. The van der Waals surface area contributed by atoms with E-state index in [1.54, 1.807) is 12.1 Å². The molecule has 0 aromatic heterocycles. The van der Waals surface area contributed by atoms with Gasteiger partial charge in [-0.15, -0.1) is 0 Å². The molecule has 5 rings (SSSR count). The smallest absolute Gasteiger partial charge is 0.430 e. The second-order valence-corrected chi connectivity index (χ2v) is 17.5. The standard InChI is InChI=1S/C47H56N6O9.C2HF3O2/c1-27-42(57)52-37(46(61)62)25-28-9-19-38(54)34(24-28)35-26-32(16-20-39(35)55)41(44(59)50-27)53(5)45(60)36(8-6-7-22-48)51-40(56)21-23-49-43(58)31-12-10-29(11-13-31)30-14-17-33(18-15-30)47(2,3)4;3-2(4,5)1(6)7/h9-20,24,26-27,36-37,41,54-55H,6-8,21-23,25,48H2,1-5H3,(H,49,58)(H,50,59)(H,51,56)(H,52,57)(H,61,62);(H,6,7)/t27-,36-,37-,41-;/m0./s1. The van der Waals surface area contributed by atoms with E-state index in [9.17, 15) is 57.3 Å². The summed E-state index contributed by atoms with van der Waals surface area (Å²) in [6, 6.07) is 18.8. The molecule has 4 aromatic carbocycles. The highest BCUT2D eigenvalue weighted by molar-refractivity contribution is 5.97. The van der Waals surface area contributed by atoms with Crippen molar-refractivity contribution < 1.29 is 72.9 Å². The van der Waals surface area contributed by atoms with Crippen molar-refractivity contribution in [3.05, 3.63) is 107 Å². The second-order valence-electron chi connectivity index (χ2n) is 17.5. The summed E-state index contributed by atoms with van der Waals surface area (Å²) in [6.07, 6.45) is -4.14. The first-order valence-corrected chi connectivity index (χ1v) is 21.9. The summed E-state index contributed by atoms with van der Waals surface area (Å²) >= 11 is 0. The molecule has 0 spiro atoms. The van der Waals surface area contributed by atoms with Gasteiger partial charge in [-0.1, -0.05) is 69.3 Å². The number of carboxylic acids is 2. The van der Waals surface area contributed by atoms with Gasteiger partial charge in [-0.3, -0.25) is 24.0 Å². The van der Waals surface area contributed by atoms with E-state index in [2.05, 4.69) is 72.0 Å². The first-order chi connectivity index (χ1) is 32.3. The number of alkyl halides is 3. The van der Waals surface area contributed by atoms with Crippen LogP contribution >= 0.6 is 0 Å². The van der Waals surface area contributed by atoms with Crippen LogP contribution in [0.2, 0.25) is 0 Å². The zero-order valence-electron chi connectivity index (χ0n) is 38.7. The second kappa shape index (κ2) is 23.5. The Hall–Kier alpha value is -7.48. The van der Waals surface area contributed by atoms with E-state index in [4.69, 9.17) is 9.90 Å². The highest BCUT2D eigenvalue weighted by Crippen LogP contribution is 2.39. The van der Waals surface area contributed by atoms with Gasteiger partial charge in [0, 0.05) is 43.1 Å². The molecule has 0 radical (unpaired) electrons. The number of carboxylic acid groups (broad SMARTS) is 2. The van der Waals surface area contributed by atoms with Gasteiger partial charge in [0.2, 0.25) is 23.6 Å². The van der Waals surface area contributed by atoms with Crippen LogP contribution in [0.5, 0.6) is 11.5 Å². The number of hydrogen-bond donors (Lipinski definition) is 8. The Kier molecular flexibility index (Phi) is 18.4. The minimum absolute atomic E-state index is 0.0195. The van der Waals surface area contributed by atoms with Crippen LogP contribution in [0, 0.1) is 0 Å². The normalized spacial score (nSPS) is 16.5. The molecule has 5 amide bonds. The summed E-state index contributed by atoms with van der Waals surface area (Å²) in [5.41, 5.74) is 8.37. The van der Waals surface area contributed by atoms with Crippen molar-refractivity contribution in [2.24, 2.45) is 0 Å². The van der Waals surface area contributed by atoms with Crippen molar-refractivity contribution in [1.29, 1.82) is 0 Å². The van der Waals surface area contributed by atoms with Gasteiger partial charge < -0.3 is 57.1 Å². The Morgan fingerprint density at radius 1 is 0.841 bits per heavy atom. The van der Waals surface area contributed by atoms with Gasteiger partial charge in [0.25, 0.3) is 5.91 Å². The maximum Gasteiger partial charge on any atom is 0.430 e. The van der Waals surface area contributed by atoms with E-state index in [1.165, 1.54) is 55.9 Å². The molecule has 0 saturated heterocycles. The number of nitrogens with one attached hydrogen (secondary N) is 4. The number of phenolic OH excluding ortho intramolecular Hbond substituents is 2. The van der Waals surface area contributed by atoms with Gasteiger partial charge >= 0.3 is 12.1 Å². The number of aromatic hydroxyl groups is 2. The molecule has 10 N–H and O–H groups in total. The fourth-order valence-corrected chi connectivity index (χ4v) is 7.30. The predicted molar refractivity (Wildman–Crippen MR) is 244 cm³/mol. The van der Waals surface area contributed by atoms with Gasteiger partial charge in [0.15, 0.2) is 0 Å². The van der Waals surface area contributed by atoms with Crippen molar-refractivity contribution in [1.82, 2.24) is 26.2 Å². The molecular formula is C49H57F3N6O11. The van der Waals surface area contributed by atoms with Crippen LogP contribution in [0.15, 0.2) is 84.9 Å². The molecule has 0 aliphatic carbocycles. The molecule has 0 saturated carbocycles. The van der Waals surface area contributed by atoms with Crippen molar-refractivity contribution in [3.8, 4) is 33.8 Å². The molecule has 370 valence electrons. The number of likely N-dealkylation sites (N-methyl/N-ethyl adjacent to an activating group) is 1. The minimum atomic E-state index is -5.19. The van der Waals surface area contributed by atoms with E-state index in [-0.39, 0.29) is 65.3 Å². The fraction of sp³-hybridized carbons (Fsp3) is 0.367. The summed E-state index contributed by atoms with van der Waals surface area (Å²) < 4.78 is 31.5. The molecule has 69 heavy (non-hydrogen) atoms. The molecule has 20 heteroatoms. The topological polar surface area (TPSA) is 282 Å². The third kappa shape index (κ3) is 15.0. The molecule has 4 bridgehead atoms. The monoisotopic (exact) mass is 962 g/mol. The van der Waals surface area contributed by atoms with E-state index >= 15 is 0 Å². The van der Waals surface area contributed by atoms with Crippen LogP contribution < -0.4 is 32.1 Å². The molecular weight excluding hydrogens is 906 g/mol. The number of rotatable bonds is 13.